The van der Waals surface area contributed by atoms with Crippen molar-refractivity contribution in [1.82, 2.24) is 19.7 Å². The second kappa shape index (κ2) is 8.74. The highest BCUT2D eigenvalue weighted by molar-refractivity contribution is 7.22. The molecule has 0 saturated carbocycles. The summed E-state index contributed by atoms with van der Waals surface area (Å²) in [6.07, 6.45) is 2.43. The van der Waals surface area contributed by atoms with E-state index in [2.05, 4.69) is 9.88 Å². The van der Waals surface area contributed by atoms with E-state index in [0.717, 1.165) is 47.3 Å². The third-order valence-electron chi connectivity index (χ3n) is 7.72. The number of carbonyl (C=O) groups excluding carboxylic acids is 3. The number of likely N-dealkylation sites (tertiary alicyclic amines) is 2. The summed E-state index contributed by atoms with van der Waals surface area (Å²) < 4.78 is 5.69. The summed E-state index contributed by atoms with van der Waals surface area (Å²) in [5, 5.41) is 1.34. The summed E-state index contributed by atoms with van der Waals surface area (Å²) in [6.45, 7) is 10.1. The molecule has 2 N–H and O–H groups in total. The molecule has 0 radical (unpaired) electrons. The highest BCUT2D eigenvalue weighted by Gasteiger charge is 2.56. The number of nitrogens with two attached hydrogens (primary N) is 1. The highest BCUT2D eigenvalue weighted by Crippen LogP contribution is 2.37. The maximum atomic E-state index is 13.5. The number of hydrogen-bond donors (Lipinski definition) is 1. The summed E-state index contributed by atoms with van der Waals surface area (Å²) in [5.41, 5.74) is 7.75. The van der Waals surface area contributed by atoms with Gasteiger partial charge in [0.2, 0.25) is 5.60 Å². The van der Waals surface area contributed by atoms with Crippen molar-refractivity contribution >= 4 is 44.5 Å². The van der Waals surface area contributed by atoms with E-state index >= 15 is 0 Å². The smallest absolute Gasteiger partial charge is 0.418 e. The van der Waals surface area contributed by atoms with Gasteiger partial charge in [0.05, 0.1) is 5.56 Å². The summed E-state index contributed by atoms with van der Waals surface area (Å²) in [7, 11) is 0. The number of carbonyl (C=O) groups is 3. The van der Waals surface area contributed by atoms with E-state index < -0.39 is 11.7 Å². The molecule has 0 bridgehead atoms. The average Bonchev–Trinajstić information content (AvgIpc) is 3.25. The summed E-state index contributed by atoms with van der Waals surface area (Å²) >= 11 is 1.36. The number of fused-ring (bicyclic) bond motifs is 1. The largest absolute Gasteiger partial charge is 0.431 e. The van der Waals surface area contributed by atoms with E-state index in [1.165, 1.54) is 16.2 Å². The number of hydrogen-bond acceptors (Lipinski definition) is 8. The number of aryl methyl sites for hydroxylation is 2. The number of ether oxygens (including phenoxy) is 1. The fourth-order valence-electron chi connectivity index (χ4n) is 5.67. The zero-order valence-corrected chi connectivity index (χ0v) is 21.6. The van der Waals surface area contributed by atoms with Crippen LogP contribution < -0.4 is 5.73 Å². The van der Waals surface area contributed by atoms with Crippen molar-refractivity contribution in [2.24, 2.45) is 0 Å². The second-order valence-corrected chi connectivity index (χ2v) is 11.3. The number of amides is 3. The Labute approximate surface area is 209 Å². The quantitative estimate of drug-likeness (QED) is 0.690. The lowest BCUT2D eigenvalue weighted by atomic mass is 9.89. The van der Waals surface area contributed by atoms with Gasteiger partial charge in [-0.25, -0.2) is 14.7 Å². The minimum absolute atomic E-state index is 0.0418. The van der Waals surface area contributed by atoms with Crippen LogP contribution in [0.5, 0.6) is 0 Å². The third-order valence-corrected chi connectivity index (χ3v) is 8.65. The first-order valence-corrected chi connectivity index (χ1v) is 13.2. The number of thiophene rings is 1. The van der Waals surface area contributed by atoms with Crippen LogP contribution in [0.2, 0.25) is 0 Å². The maximum absolute atomic E-state index is 13.5. The lowest BCUT2D eigenvalue weighted by Gasteiger charge is -2.44. The van der Waals surface area contributed by atoms with Crippen LogP contribution in [-0.2, 0) is 9.53 Å². The van der Waals surface area contributed by atoms with Crippen LogP contribution in [0.1, 0.15) is 61.1 Å². The molecule has 3 aliphatic heterocycles. The lowest BCUT2D eigenvalue weighted by Crippen LogP contribution is -2.58. The number of imide groups is 1. The SMILES string of the molecule is Cc1cc2c(C(=O)N3CCC(N4CCCC5(C4)OC(=O)N(C(C)C)C5=O)CC3)c(N)sc2nc1C. The van der Waals surface area contributed by atoms with Gasteiger partial charge in [0.25, 0.3) is 11.8 Å². The van der Waals surface area contributed by atoms with Crippen molar-refractivity contribution in [3.63, 3.8) is 0 Å². The van der Waals surface area contributed by atoms with Crippen molar-refractivity contribution < 1.29 is 19.1 Å². The van der Waals surface area contributed by atoms with E-state index in [1.54, 1.807) is 0 Å². The van der Waals surface area contributed by atoms with E-state index in [4.69, 9.17) is 10.5 Å². The first kappa shape index (κ1) is 24.0. The first-order chi connectivity index (χ1) is 16.6. The number of pyridine rings is 1. The van der Waals surface area contributed by atoms with Gasteiger partial charge < -0.3 is 15.4 Å². The van der Waals surface area contributed by atoms with Gasteiger partial charge in [-0.1, -0.05) is 11.3 Å². The number of nitrogens with zero attached hydrogens (tertiary/aromatic N) is 4. The Bertz CT molecular complexity index is 1200. The van der Waals surface area contributed by atoms with Crippen LogP contribution in [0.15, 0.2) is 6.07 Å². The molecule has 9 nitrogen and oxygen atoms in total. The molecule has 1 atom stereocenters. The topological polar surface area (TPSA) is 109 Å². The van der Waals surface area contributed by atoms with Gasteiger partial charge in [-0.15, -0.1) is 0 Å². The fraction of sp³-hybridized carbons (Fsp3) is 0.600. The van der Waals surface area contributed by atoms with E-state index in [9.17, 15) is 14.4 Å². The number of aromatic nitrogens is 1. The van der Waals surface area contributed by atoms with Gasteiger partial charge in [0.15, 0.2) is 0 Å². The Morgan fingerprint density at radius 3 is 2.60 bits per heavy atom. The predicted molar refractivity (Wildman–Crippen MR) is 134 cm³/mol. The molecule has 1 spiro atoms. The Morgan fingerprint density at radius 2 is 1.94 bits per heavy atom. The first-order valence-electron chi connectivity index (χ1n) is 12.4. The van der Waals surface area contributed by atoms with Crippen LogP contribution in [-0.4, -0.2) is 81.5 Å². The molecule has 5 heterocycles. The third kappa shape index (κ3) is 3.96. The second-order valence-electron chi connectivity index (χ2n) is 10.3. The molecule has 0 aromatic carbocycles. The Morgan fingerprint density at radius 1 is 1.23 bits per heavy atom. The van der Waals surface area contributed by atoms with E-state index in [-0.39, 0.29) is 23.9 Å². The van der Waals surface area contributed by atoms with Gasteiger partial charge in [0.1, 0.15) is 9.83 Å². The minimum Gasteiger partial charge on any atom is -0.431 e. The van der Waals surface area contributed by atoms with Crippen LogP contribution in [0, 0.1) is 13.8 Å². The summed E-state index contributed by atoms with van der Waals surface area (Å²) in [6, 6.07) is 2.03. The van der Waals surface area contributed by atoms with Crippen molar-refractivity contribution in [2.45, 2.75) is 71.1 Å². The molecule has 3 aliphatic rings. The molecule has 2 aromatic rings. The van der Waals surface area contributed by atoms with E-state index in [0.29, 0.717) is 36.6 Å². The Kier molecular flexibility index (Phi) is 5.99. The van der Waals surface area contributed by atoms with Gasteiger partial charge in [-0.2, -0.15) is 0 Å². The predicted octanol–water partition coefficient (Wildman–Crippen LogP) is 3.32. The molecule has 188 valence electrons. The molecular formula is C25H33N5O4S. The zero-order chi connectivity index (χ0) is 25.1. The molecule has 10 heteroatoms. The molecule has 5 rings (SSSR count). The van der Waals surface area contributed by atoms with Crippen LogP contribution >= 0.6 is 11.3 Å². The fourth-order valence-corrected chi connectivity index (χ4v) is 6.63. The monoisotopic (exact) mass is 499 g/mol. The molecule has 35 heavy (non-hydrogen) atoms. The number of rotatable bonds is 3. The van der Waals surface area contributed by atoms with Crippen LogP contribution in [0.4, 0.5) is 9.80 Å². The normalized spacial score (nSPS) is 24.3. The van der Waals surface area contributed by atoms with Gasteiger partial charge in [-0.05, 0) is 71.6 Å². The molecule has 3 fully saturated rings. The number of nitrogen functional groups attached to an aromatic ring is 1. The van der Waals surface area contributed by atoms with Crippen LogP contribution in [0.3, 0.4) is 0 Å². The standard InChI is InChI=1S/C25H33N5O4S/c1-14(2)30-23(32)25(34-24(30)33)8-5-9-29(13-25)17-6-10-28(11-7-17)22(31)19-18-12-15(3)16(4)27-21(18)35-20(19)26/h12,14,17H,5-11,13,26H2,1-4H3. The van der Waals surface area contributed by atoms with Crippen LogP contribution in [0.25, 0.3) is 10.2 Å². The van der Waals surface area contributed by atoms with Crippen molar-refractivity contribution in [2.75, 3.05) is 31.9 Å². The lowest BCUT2D eigenvalue weighted by molar-refractivity contribution is -0.143. The molecule has 3 saturated heterocycles. The summed E-state index contributed by atoms with van der Waals surface area (Å²) in [5.74, 6) is -0.256. The molecule has 1 unspecified atom stereocenters. The average molecular weight is 500 g/mol. The van der Waals surface area contributed by atoms with E-state index in [1.807, 2.05) is 38.7 Å². The van der Waals surface area contributed by atoms with Gasteiger partial charge in [0, 0.05) is 42.8 Å². The number of piperidine rings is 2. The maximum Gasteiger partial charge on any atom is 0.418 e. The Hall–Kier alpha value is -2.72. The molecule has 0 aliphatic carbocycles. The minimum atomic E-state index is -1.07. The molecule has 2 aromatic heterocycles. The molecule has 3 amide bonds. The number of anilines is 1. The van der Waals surface area contributed by atoms with Crippen molar-refractivity contribution in [3.8, 4) is 0 Å². The van der Waals surface area contributed by atoms with Crippen molar-refractivity contribution in [3.05, 3.63) is 22.9 Å². The van der Waals surface area contributed by atoms with Crippen molar-refractivity contribution in [1.29, 1.82) is 0 Å². The van der Waals surface area contributed by atoms with Gasteiger partial charge in [-0.3, -0.25) is 14.5 Å². The highest BCUT2D eigenvalue weighted by atomic mass is 32.1. The Balaban J connectivity index is 1.27. The molecular weight excluding hydrogens is 466 g/mol. The zero-order valence-electron chi connectivity index (χ0n) is 20.8. The van der Waals surface area contributed by atoms with Gasteiger partial charge >= 0.3 is 6.09 Å². The summed E-state index contributed by atoms with van der Waals surface area (Å²) in [4.78, 5) is 49.8.